The molecule has 68 valence electrons. The summed E-state index contributed by atoms with van der Waals surface area (Å²) in [5.41, 5.74) is 2.20. The predicted molar refractivity (Wildman–Crippen MR) is 59.8 cm³/mol. The van der Waals surface area contributed by atoms with E-state index in [-0.39, 0.29) is 0 Å². The summed E-state index contributed by atoms with van der Waals surface area (Å²) in [4.78, 5) is 4.04. The highest BCUT2D eigenvalue weighted by Crippen LogP contribution is 2.27. The zero-order chi connectivity index (χ0) is 9.68. The fourth-order valence-corrected chi connectivity index (χ4v) is 1.37. The third kappa shape index (κ3) is 2.48. The van der Waals surface area contributed by atoms with Crippen molar-refractivity contribution in [1.29, 1.82) is 0 Å². The third-order valence-corrected chi connectivity index (χ3v) is 2.34. The van der Waals surface area contributed by atoms with Gasteiger partial charge in [-0.2, -0.15) is 4.99 Å². The van der Waals surface area contributed by atoms with Gasteiger partial charge in [0, 0.05) is 0 Å². The molecule has 0 aliphatic rings. The van der Waals surface area contributed by atoms with Crippen molar-refractivity contribution < 1.29 is 0 Å². The van der Waals surface area contributed by atoms with Crippen molar-refractivity contribution in [3.05, 3.63) is 29.8 Å². The van der Waals surface area contributed by atoms with E-state index in [0.29, 0.717) is 5.92 Å². The summed E-state index contributed by atoms with van der Waals surface area (Å²) in [5.74, 6) is 0.531. The Kier molecular flexibility index (Phi) is 3.81. The van der Waals surface area contributed by atoms with Crippen LogP contribution in [-0.2, 0) is 0 Å². The average molecular weight is 191 g/mol. The third-order valence-electron chi connectivity index (χ3n) is 2.25. The van der Waals surface area contributed by atoms with Crippen molar-refractivity contribution >= 4 is 23.1 Å². The summed E-state index contributed by atoms with van der Waals surface area (Å²) < 4.78 is 0. The predicted octanol–water partition coefficient (Wildman–Crippen LogP) is 3.93. The van der Waals surface area contributed by atoms with Gasteiger partial charge in [0.2, 0.25) is 0 Å². The van der Waals surface area contributed by atoms with Crippen LogP contribution >= 0.6 is 12.2 Å². The van der Waals surface area contributed by atoms with Crippen LogP contribution in [0.2, 0.25) is 0 Å². The number of rotatable bonds is 3. The van der Waals surface area contributed by atoms with Crippen molar-refractivity contribution in [3.8, 4) is 0 Å². The van der Waals surface area contributed by atoms with E-state index in [1.54, 1.807) is 0 Å². The largest absolute Gasteiger partial charge is 0.194 e. The van der Waals surface area contributed by atoms with Crippen LogP contribution in [0.5, 0.6) is 0 Å². The van der Waals surface area contributed by atoms with Crippen LogP contribution in [-0.4, -0.2) is 5.16 Å². The molecule has 0 saturated heterocycles. The van der Waals surface area contributed by atoms with Gasteiger partial charge in [0.25, 0.3) is 0 Å². The van der Waals surface area contributed by atoms with E-state index in [0.717, 1.165) is 12.1 Å². The number of aliphatic imine (C=N–C) groups is 1. The molecular weight excluding hydrogens is 178 g/mol. The van der Waals surface area contributed by atoms with Gasteiger partial charge in [-0.05, 0) is 36.2 Å². The zero-order valence-corrected chi connectivity index (χ0v) is 8.77. The molecule has 13 heavy (non-hydrogen) atoms. The second-order valence-electron chi connectivity index (χ2n) is 3.07. The van der Waals surface area contributed by atoms with Gasteiger partial charge in [-0.15, -0.1) is 0 Å². The van der Waals surface area contributed by atoms with Crippen LogP contribution in [0.4, 0.5) is 5.69 Å². The molecule has 0 fully saturated rings. The highest BCUT2D eigenvalue weighted by molar-refractivity contribution is 7.78. The average Bonchev–Trinajstić information content (AvgIpc) is 2.18. The lowest BCUT2D eigenvalue weighted by atomic mass is 9.97. The van der Waals surface area contributed by atoms with Gasteiger partial charge < -0.3 is 0 Å². The van der Waals surface area contributed by atoms with E-state index >= 15 is 0 Å². The van der Waals surface area contributed by atoms with E-state index < -0.39 is 0 Å². The number of para-hydroxylation sites is 1. The van der Waals surface area contributed by atoms with Gasteiger partial charge in [-0.25, -0.2) is 0 Å². The number of isothiocyanates is 1. The Balaban J connectivity index is 3.11. The van der Waals surface area contributed by atoms with Gasteiger partial charge in [0.15, 0.2) is 0 Å². The quantitative estimate of drug-likeness (QED) is 0.521. The monoisotopic (exact) mass is 191 g/mol. The molecule has 1 rings (SSSR count). The number of hydrogen-bond acceptors (Lipinski definition) is 2. The second kappa shape index (κ2) is 4.90. The normalized spacial score (nSPS) is 11.8. The number of thiocarbonyl (C=S) groups is 1. The fourth-order valence-electron chi connectivity index (χ4n) is 1.28. The molecule has 0 aliphatic carbocycles. The van der Waals surface area contributed by atoms with E-state index in [1.807, 2.05) is 18.2 Å². The van der Waals surface area contributed by atoms with Crippen molar-refractivity contribution in [2.75, 3.05) is 0 Å². The Labute approximate surface area is 84.5 Å². The lowest BCUT2D eigenvalue weighted by molar-refractivity contribution is 0.734. The van der Waals surface area contributed by atoms with Crippen molar-refractivity contribution in [2.24, 2.45) is 4.99 Å². The Hall–Kier alpha value is -0.980. The summed E-state index contributed by atoms with van der Waals surface area (Å²) in [6, 6.07) is 8.07. The van der Waals surface area contributed by atoms with Crippen LogP contribution in [0, 0.1) is 0 Å². The SMILES string of the molecule is CCC(C)c1ccccc1N=C=S. The number of benzene rings is 1. The minimum absolute atomic E-state index is 0.531. The summed E-state index contributed by atoms with van der Waals surface area (Å²) in [7, 11) is 0. The van der Waals surface area contributed by atoms with Crippen LogP contribution in [0.15, 0.2) is 29.3 Å². The second-order valence-corrected chi connectivity index (χ2v) is 3.25. The molecule has 2 heteroatoms. The molecule has 1 aromatic rings. The maximum atomic E-state index is 4.60. The lowest BCUT2D eigenvalue weighted by Gasteiger charge is -2.10. The number of nitrogens with zero attached hydrogens (tertiary/aromatic N) is 1. The van der Waals surface area contributed by atoms with E-state index in [4.69, 9.17) is 0 Å². The molecule has 0 spiro atoms. The van der Waals surface area contributed by atoms with E-state index in [2.05, 4.69) is 42.3 Å². The first-order valence-corrected chi connectivity index (χ1v) is 4.87. The number of hydrogen-bond donors (Lipinski definition) is 0. The highest BCUT2D eigenvalue weighted by Gasteiger charge is 2.06. The molecule has 1 nitrogen and oxygen atoms in total. The minimum Gasteiger partial charge on any atom is -0.194 e. The molecule has 0 bridgehead atoms. The maximum absolute atomic E-state index is 4.60. The van der Waals surface area contributed by atoms with Crippen molar-refractivity contribution in [1.82, 2.24) is 0 Å². The lowest BCUT2D eigenvalue weighted by Crippen LogP contribution is -1.90. The summed E-state index contributed by atoms with van der Waals surface area (Å²) in [5, 5.41) is 2.41. The standard InChI is InChI=1S/C11H13NS/c1-3-9(2)10-6-4-5-7-11(10)12-8-13/h4-7,9H,3H2,1-2H3. The first-order valence-electron chi connectivity index (χ1n) is 4.46. The van der Waals surface area contributed by atoms with Crippen molar-refractivity contribution in [3.63, 3.8) is 0 Å². The van der Waals surface area contributed by atoms with Crippen LogP contribution < -0.4 is 0 Å². The van der Waals surface area contributed by atoms with Crippen LogP contribution in [0.25, 0.3) is 0 Å². The van der Waals surface area contributed by atoms with Gasteiger partial charge in [0.1, 0.15) is 0 Å². The van der Waals surface area contributed by atoms with E-state index in [1.165, 1.54) is 5.56 Å². The Morgan fingerprint density at radius 1 is 1.46 bits per heavy atom. The zero-order valence-electron chi connectivity index (χ0n) is 7.95. The topological polar surface area (TPSA) is 12.4 Å². The fraction of sp³-hybridized carbons (Fsp3) is 0.364. The summed E-state index contributed by atoms with van der Waals surface area (Å²) >= 11 is 4.60. The molecule has 0 aliphatic heterocycles. The van der Waals surface area contributed by atoms with Gasteiger partial charge in [-0.1, -0.05) is 32.0 Å². The smallest absolute Gasteiger partial charge is 0.0774 e. The molecule has 1 unspecified atom stereocenters. The molecule has 0 radical (unpaired) electrons. The molecule has 0 aromatic heterocycles. The van der Waals surface area contributed by atoms with Gasteiger partial charge in [-0.3, -0.25) is 0 Å². The van der Waals surface area contributed by atoms with Gasteiger partial charge >= 0.3 is 0 Å². The molecule has 1 atom stereocenters. The highest BCUT2D eigenvalue weighted by atomic mass is 32.1. The Bertz CT molecular complexity index is 327. The molecule has 1 aromatic carbocycles. The summed E-state index contributed by atoms with van der Waals surface area (Å²) in [6.07, 6.45) is 1.12. The Morgan fingerprint density at radius 3 is 2.77 bits per heavy atom. The molecule has 0 amide bonds. The first-order chi connectivity index (χ1) is 6.29. The molecule has 0 saturated carbocycles. The molecular formula is C11H13NS. The first kappa shape index (κ1) is 10.1. The molecule has 0 heterocycles. The maximum Gasteiger partial charge on any atom is 0.0774 e. The Morgan fingerprint density at radius 2 is 2.15 bits per heavy atom. The van der Waals surface area contributed by atoms with Crippen LogP contribution in [0.1, 0.15) is 31.7 Å². The van der Waals surface area contributed by atoms with Crippen LogP contribution in [0.3, 0.4) is 0 Å². The minimum atomic E-state index is 0.531. The molecule has 0 N–H and O–H groups in total. The van der Waals surface area contributed by atoms with Gasteiger partial charge in [0.05, 0.1) is 10.8 Å². The van der Waals surface area contributed by atoms with E-state index in [9.17, 15) is 0 Å². The summed E-state index contributed by atoms with van der Waals surface area (Å²) in [6.45, 7) is 4.36. The van der Waals surface area contributed by atoms with Crippen molar-refractivity contribution in [2.45, 2.75) is 26.2 Å².